The Labute approximate surface area is 104 Å². The molecule has 0 aromatic carbocycles. The van der Waals surface area contributed by atoms with Crippen LogP contribution in [0.3, 0.4) is 0 Å². The molecule has 1 fully saturated rings. The van der Waals surface area contributed by atoms with Gasteiger partial charge in [0.25, 0.3) is 0 Å². The maximum absolute atomic E-state index is 11.8. The zero-order valence-corrected chi connectivity index (χ0v) is 10.1. The summed E-state index contributed by atoms with van der Waals surface area (Å²) in [4.78, 5) is 22.8. The number of rotatable bonds is 3. The van der Waals surface area contributed by atoms with Gasteiger partial charge in [0.15, 0.2) is 11.3 Å². The van der Waals surface area contributed by atoms with Crippen molar-refractivity contribution >= 4 is 11.3 Å². The Morgan fingerprint density at radius 1 is 1.33 bits per heavy atom. The molecule has 96 valence electrons. The lowest BCUT2D eigenvalue weighted by Gasteiger charge is -2.21. The highest BCUT2D eigenvalue weighted by Crippen LogP contribution is 2.19. The van der Waals surface area contributed by atoms with E-state index < -0.39 is 0 Å². The molecule has 18 heavy (non-hydrogen) atoms. The Morgan fingerprint density at radius 2 is 2.11 bits per heavy atom. The molecule has 1 aliphatic heterocycles. The normalized spacial score (nSPS) is 17.3. The van der Waals surface area contributed by atoms with Crippen LogP contribution in [0.1, 0.15) is 19.3 Å². The molecule has 0 atom stereocenters. The van der Waals surface area contributed by atoms with Crippen molar-refractivity contribution in [1.82, 2.24) is 19.5 Å². The van der Waals surface area contributed by atoms with Gasteiger partial charge < -0.3 is 4.74 Å². The van der Waals surface area contributed by atoms with Gasteiger partial charge >= 0.3 is 5.69 Å². The molecule has 0 amide bonds. The molecule has 6 heteroatoms. The number of aryl methyl sites for hydroxylation is 1. The van der Waals surface area contributed by atoms with Crippen LogP contribution >= 0.6 is 0 Å². The van der Waals surface area contributed by atoms with Gasteiger partial charge in [0, 0.05) is 32.2 Å². The Morgan fingerprint density at radius 3 is 2.94 bits per heavy atom. The molecule has 6 nitrogen and oxygen atoms in total. The maximum atomic E-state index is 11.8. The number of hydrogen-bond donors (Lipinski definition) is 1. The minimum atomic E-state index is -0.122. The number of aromatic amines is 1. The van der Waals surface area contributed by atoms with Crippen LogP contribution in [0.5, 0.6) is 0 Å². The van der Waals surface area contributed by atoms with Crippen LogP contribution in [0, 0.1) is 5.92 Å². The highest BCUT2D eigenvalue weighted by atomic mass is 16.5. The maximum Gasteiger partial charge on any atom is 0.328 e. The average molecular weight is 248 g/mol. The van der Waals surface area contributed by atoms with E-state index in [1.54, 1.807) is 17.0 Å². The molecule has 1 saturated heterocycles. The van der Waals surface area contributed by atoms with Crippen LogP contribution in [0.15, 0.2) is 17.2 Å². The number of H-pyrrole nitrogens is 1. The van der Waals surface area contributed by atoms with E-state index in [1.165, 1.54) is 0 Å². The molecule has 0 saturated carbocycles. The topological polar surface area (TPSA) is 72.8 Å². The summed E-state index contributed by atoms with van der Waals surface area (Å²) in [5, 5.41) is 0. The predicted octanol–water partition coefficient (Wildman–Crippen LogP) is 0.936. The first-order valence-corrected chi connectivity index (χ1v) is 6.32. The van der Waals surface area contributed by atoms with Crippen LogP contribution < -0.4 is 5.69 Å². The van der Waals surface area contributed by atoms with Crippen molar-refractivity contribution in [3.05, 3.63) is 22.9 Å². The van der Waals surface area contributed by atoms with Crippen molar-refractivity contribution in [2.45, 2.75) is 25.8 Å². The van der Waals surface area contributed by atoms with Gasteiger partial charge in [-0.3, -0.25) is 9.55 Å². The van der Waals surface area contributed by atoms with Crippen molar-refractivity contribution in [2.75, 3.05) is 13.2 Å². The monoisotopic (exact) mass is 248 g/mol. The van der Waals surface area contributed by atoms with Crippen LogP contribution in [-0.4, -0.2) is 32.7 Å². The summed E-state index contributed by atoms with van der Waals surface area (Å²) in [7, 11) is 0. The molecular weight excluding hydrogens is 232 g/mol. The minimum absolute atomic E-state index is 0.122. The van der Waals surface area contributed by atoms with E-state index >= 15 is 0 Å². The van der Waals surface area contributed by atoms with Gasteiger partial charge in [-0.05, 0) is 25.2 Å². The lowest BCUT2D eigenvalue weighted by molar-refractivity contribution is 0.0626. The fourth-order valence-electron chi connectivity index (χ4n) is 2.44. The van der Waals surface area contributed by atoms with Gasteiger partial charge in [0.1, 0.15) is 0 Å². The highest BCUT2D eigenvalue weighted by molar-refractivity contribution is 5.64. The van der Waals surface area contributed by atoms with Crippen LogP contribution in [0.25, 0.3) is 11.3 Å². The van der Waals surface area contributed by atoms with E-state index in [-0.39, 0.29) is 5.69 Å². The van der Waals surface area contributed by atoms with E-state index in [2.05, 4.69) is 15.0 Å². The third kappa shape index (κ3) is 2.15. The largest absolute Gasteiger partial charge is 0.381 e. The fraction of sp³-hybridized carbons (Fsp3) is 0.583. The summed E-state index contributed by atoms with van der Waals surface area (Å²) in [6.45, 7) is 2.38. The second-order valence-electron chi connectivity index (χ2n) is 4.65. The average Bonchev–Trinajstić information content (AvgIpc) is 2.73. The van der Waals surface area contributed by atoms with Gasteiger partial charge in [0.05, 0.1) is 0 Å². The zero-order chi connectivity index (χ0) is 12.4. The summed E-state index contributed by atoms with van der Waals surface area (Å²) < 4.78 is 7.01. The van der Waals surface area contributed by atoms with Gasteiger partial charge in [-0.25, -0.2) is 14.8 Å². The zero-order valence-electron chi connectivity index (χ0n) is 10.1. The number of nitrogens with zero attached hydrogens (tertiary/aromatic N) is 3. The standard InChI is InChI=1S/C12H16N4O2/c17-12-15-10-11(14-5-4-13-10)16(12)6-1-9-2-7-18-8-3-9/h4-5,9H,1-3,6-8H2,(H,13,15,17). The molecule has 2 aromatic heterocycles. The van der Waals surface area contributed by atoms with Crippen molar-refractivity contribution in [1.29, 1.82) is 0 Å². The molecule has 2 aromatic rings. The third-order valence-electron chi connectivity index (χ3n) is 3.51. The molecule has 0 aliphatic carbocycles. The van der Waals surface area contributed by atoms with Gasteiger partial charge in [-0.2, -0.15) is 0 Å². The second kappa shape index (κ2) is 4.89. The lowest BCUT2D eigenvalue weighted by atomic mass is 9.97. The van der Waals surface area contributed by atoms with Crippen LogP contribution in [0.2, 0.25) is 0 Å². The first-order valence-electron chi connectivity index (χ1n) is 6.32. The highest BCUT2D eigenvalue weighted by Gasteiger charge is 2.15. The first kappa shape index (κ1) is 11.4. The van der Waals surface area contributed by atoms with Crippen molar-refractivity contribution < 1.29 is 4.74 Å². The molecule has 0 spiro atoms. The number of aromatic nitrogens is 4. The van der Waals surface area contributed by atoms with Gasteiger partial charge in [-0.15, -0.1) is 0 Å². The first-order chi connectivity index (χ1) is 8.84. The molecule has 0 unspecified atom stereocenters. The predicted molar refractivity (Wildman–Crippen MR) is 66.3 cm³/mol. The van der Waals surface area contributed by atoms with E-state index in [0.29, 0.717) is 23.8 Å². The Bertz CT molecular complexity index is 583. The number of hydrogen-bond acceptors (Lipinski definition) is 4. The molecule has 3 rings (SSSR count). The molecule has 0 radical (unpaired) electrons. The van der Waals surface area contributed by atoms with E-state index in [0.717, 1.165) is 32.5 Å². The molecular formula is C12H16N4O2. The Balaban J connectivity index is 1.77. The quantitative estimate of drug-likeness (QED) is 0.877. The van der Waals surface area contributed by atoms with Crippen molar-refractivity contribution in [3.63, 3.8) is 0 Å². The number of fused-ring (bicyclic) bond motifs is 1. The van der Waals surface area contributed by atoms with Crippen molar-refractivity contribution in [3.8, 4) is 0 Å². The van der Waals surface area contributed by atoms with E-state index in [1.807, 2.05) is 0 Å². The molecule has 3 heterocycles. The molecule has 0 bridgehead atoms. The summed E-state index contributed by atoms with van der Waals surface area (Å²) >= 11 is 0. The Kier molecular flexibility index (Phi) is 3.10. The van der Waals surface area contributed by atoms with Gasteiger partial charge in [0.2, 0.25) is 0 Å². The van der Waals surface area contributed by atoms with Crippen molar-refractivity contribution in [2.24, 2.45) is 5.92 Å². The van der Waals surface area contributed by atoms with Gasteiger partial charge in [-0.1, -0.05) is 0 Å². The number of nitrogens with one attached hydrogen (secondary N) is 1. The van der Waals surface area contributed by atoms with Crippen LogP contribution in [0.4, 0.5) is 0 Å². The third-order valence-corrected chi connectivity index (χ3v) is 3.51. The van der Waals surface area contributed by atoms with E-state index in [9.17, 15) is 4.79 Å². The lowest BCUT2D eigenvalue weighted by Crippen LogP contribution is -2.21. The summed E-state index contributed by atoms with van der Waals surface area (Å²) in [5.74, 6) is 0.646. The smallest absolute Gasteiger partial charge is 0.328 e. The SMILES string of the molecule is O=c1[nH]c2nccnc2n1CCC1CCOCC1. The second-order valence-corrected chi connectivity index (χ2v) is 4.65. The number of ether oxygens (including phenoxy) is 1. The fourth-order valence-corrected chi connectivity index (χ4v) is 2.44. The summed E-state index contributed by atoms with van der Waals surface area (Å²) in [6.07, 6.45) is 6.36. The molecule has 1 aliphatic rings. The Hall–Kier alpha value is -1.69. The van der Waals surface area contributed by atoms with Crippen LogP contribution in [-0.2, 0) is 11.3 Å². The summed E-state index contributed by atoms with van der Waals surface area (Å²) in [6, 6.07) is 0. The molecule has 1 N–H and O–H groups in total. The number of imidazole rings is 1. The van der Waals surface area contributed by atoms with E-state index in [4.69, 9.17) is 4.74 Å². The minimum Gasteiger partial charge on any atom is -0.381 e. The summed E-state index contributed by atoms with van der Waals surface area (Å²) in [5.41, 5.74) is 1.09.